The summed E-state index contributed by atoms with van der Waals surface area (Å²) in [5, 5.41) is 0. The zero-order chi connectivity index (χ0) is 13.1. The van der Waals surface area contributed by atoms with Gasteiger partial charge in [-0.15, -0.1) is 0 Å². The maximum absolute atomic E-state index is 11.4. The van der Waals surface area contributed by atoms with Gasteiger partial charge in [-0.1, -0.05) is 0 Å². The van der Waals surface area contributed by atoms with Gasteiger partial charge in [0.05, 0.1) is 19.3 Å². The van der Waals surface area contributed by atoms with Crippen LogP contribution in [0.3, 0.4) is 0 Å². The van der Waals surface area contributed by atoms with Crippen LogP contribution in [-0.4, -0.2) is 56.8 Å². The maximum atomic E-state index is 11.4. The van der Waals surface area contributed by atoms with Gasteiger partial charge in [0, 0.05) is 27.3 Å². The molecule has 1 fully saturated rings. The van der Waals surface area contributed by atoms with Crippen LogP contribution in [0.5, 0.6) is 0 Å². The molecule has 0 radical (unpaired) electrons. The third-order valence-corrected chi connectivity index (χ3v) is 3.31. The summed E-state index contributed by atoms with van der Waals surface area (Å²) in [5.74, 6) is 0. The van der Waals surface area contributed by atoms with Crippen LogP contribution in [0.1, 0.15) is 13.3 Å². The van der Waals surface area contributed by atoms with Gasteiger partial charge in [0.2, 0.25) is 0 Å². The lowest BCUT2D eigenvalue weighted by molar-refractivity contribution is -0.141. The van der Waals surface area contributed by atoms with Crippen LogP contribution in [0.25, 0.3) is 0 Å². The Morgan fingerprint density at radius 1 is 1.41 bits per heavy atom. The number of hydrogen-bond donors (Lipinski definition) is 1. The zero-order valence-electron chi connectivity index (χ0n) is 10.7. The predicted molar refractivity (Wildman–Crippen MR) is 62.3 cm³/mol. The minimum atomic E-state index is -3.56. The van der Waals surface area contributed by atoms with Crippen molar-refractivity contribution >= 4 is 7.60 Å². The molecule has 0 aromatic rings. The van der Waals surface area contributed by atoms with E-state index < -0.39 is 19.3 Å². The van der Waals surface area contributed by atoms with Gasteiger partial charge < -0.3 is 23.6 Å². The van der Waals surface area contributed by atoms with Crippen LogP contribution in [0.15, 0.2) is 0 Å². The van der Waals surface area contributed by atoms with Crippen LogP contribution in [-0.2, 0) is 23.3 Å². The molecule has 1 heterocycles. The highest BCUT2D eigenvalue weighted by molar-refractivity contribution is 7.51. The van der Waals surface area contributed by atoms with E-state index in [2.05, 4.69) is 0 Å². The first-order valence-electron chi connectivity index (χ1n) is 5.47. The Morgan fingerprint density at radius 2 is 1.94 bits per heavy atom. The lowest BCUT2D eigenvalue weighted by Crippen LogP contribution is -2.48. The van der Waals surface area contributed by atoms with Gasteiger partial charge in [-0.05, 0) is 6.92 Å². The van der Waals surface area contributed by atoms with E-state index in [9.17, 15) is 9.46 Å². The first-order chi connectivity index (χ1) is 7.83. The summed E-state index contributed by atoms with van der Waals surface area (Å²) in [6.45, 7) is 3.58. The van der Waals surface area contributed by atoms with Gasteiger partial charge in [0.15, 0.2) is 0 Å². The highest BCUT2D eigenvalue weighted by atomic mass is 31.2. The molecule has 2 unspecified atom stereocenters. The summed E-state index contributed by atoms with van der Waals surface area (Å²) < 4.78 is 32.6. The van der Waals surface area contributed by atoms with Crippen LogP contribution in [0.4, 0.5) is 0 Å². The molecule has 0 spiro atoms. The van der Waals surface area contributed by atoms with Crippen molar-refractivity contribution in [1.82, 2.24) is 0 Å². The van der Waals surface area contributed by atoms with Gasteiger partial charge >= 0.3 is 7.60 Å². The Kier molecular flexibility index (Phi) is 5.13. The van der Waals surface area contributed by atoms with Crippen molar-refractivity contribution in [3.05, 3.63) is 0 Å². The lowest BCUT2D eigenvalue weighted by atomic mass is 9.98. The Labute approximate surface area is 102 Å². The fraction of sp³-hybridized carbons (Fsp3) is 1.00. The molecule has 0 aromatic heterocycles. The van der Waals surface area contributed by atoms with Crippen molar-refractivity contribution < 1.29 is 28.2 Å². The van der Waals surface area contributed by atoms with E-state index in [-0.39, 0.29) is 19.3 Å². The monoisotopic (exact) mass is 268 g/mol. The summed E-state index contributed by atoms with van der Waals surface area (Å²) >= 11 is 0. The quantitative estimate of drug-likeness (QED) is 0.725. The summed E-state index contributed by atoms with van der Waals surface area (Å²) in [7, 11) is -0.466. The van der Waals surface area contributed by atoms with Gasteiger partial charge in [-0.2, -0.15) is 0 Å². The van der Waals surface area contributed by atoms with Crippen molar-refractivity contribution in [1.29, 1.82) is 0 Å². The van der Waals surface area contributed by atoms with Crippen molar-refractivity contribution in [2.24, 2.45) is 0 Å². The van der Waals surface area contributed by atoms with E-state index in [1.165, 1.54) is 6.66 Å². The molecule has 1 saturated heterocycles. The fourth-order valence-electron chi connectivity index (χ4n) is 2.20. The minimum Gasteiger partial charge on any atom is -0.381 e. The first-order valence-corrected chi connectivity index (χ1v) is 7.50. The second-order valence-corrected chi connectivity index (χ2v) is 6.31. The summed E-state index contributed by atoms with van der Waals surface area (Å²) in [6.07, 6.45) is -0.0134. The summed E-state index contributed by atoms with van der Waals surface area (Å²) in [6, 6.07) is 0. The third-order valence-electron chi connectivity index (χ3n) is 2.67. The van der Waals surface area contributed by atoms with Crippen molar-refractivity contribution in [2.45, 2.75) is 31.2 Å². The van der Waals surface area contributed by atoms with Crippen molar-refractivity contribution in [3.8, 4) is 0 Å². The summed E-state index contributed by atoms with van der Waals surface area (Å²) in [5.41, 5.74) is -0.808. The average Bonchev–Trinajstić information content (AvgIpc) is 2.41. The predicted octanol–water partition coefficient (Wildman–Crippen LogP) is 1.03. The van der Waals surface area contributed by atoms with Crippen LogP contribution in [0.2, 0.25) is 0 Å². The highest BCUT2D eigenvalue weighted by Crippen LogP contribution is 2.45. The molecule has 0 aliphatic carbocycles. The molecule has 0 saturated carbocycles. The lowest BCUT2D eigenvalue weighted by Gasteiger charge is -2.33. The van der Waals surface area contributed by atoms with Crippen LogP contribution < -0.4 is 0 Å². The molecule has 7 heteroatoms. The van der Waals surface area contributed by atoms with Crippen molar-refractivity contribution in [2.75, 3.05) is 34.1 Å². The van der Waals surface area contributed by atoms with E-state index >= 15 is 0 Å². The van der Waals surface area contributed by atoms with Gasteiger partial charge in [-0.3, -0.25) is 4.57 Å². The first kappa shape index (κ1) is 15.1. The average molecular weight is 268 g/mol. The van der Waals surface area contributed by atoms with E-state index in [1.807, 2.05) is 6.92 Å². The molecule has 1 aliphatic heterocycles. The van der Waals surface area contributed by atoms with E-state index in [0.717, 1.165) is 0 Å². The Bertz CT molecular complexity index is 283. The van der Waals surface area contributed by atoms with Gasteiger partial charge in [0.25, 0.3) is 0 Å². The van der Waals surface area contributed by atoms with E-state index in [4.69, 9.17) is 18.7 Å². The number of hydrogen-bond acceptors (Lipinski definition) is 5. The second-order valence-electron chi connectivity index (χ2n) is 4.49. The second kappa shape index (κ2) is 5.78. The minimum absolute atomic E-state index is 0.0585. The molecule has 1 rings (SSSR count). The molecule has 17 heavy (non-hydrogen) atoms. The van der Waals surface area contributed by atoms with Gasteiger partial charge in [0.1, 0.15) is 11.7 Å². The molecule has 0 amide bonds. The number of rotatable bonds is 6. The van der Waals surface area contributed by atoms with Crippen LogP contribution >= 0.6 is 7.60 Å². The molecule has 0 aromatic carbocycles. The number of ether oxygens (including phenoxy) is 3. The SMILES string of the molecule is COCC1(COC)O[C@@H](C)CC1OP(C)(=O)O. The third kappa shape index (κ3) is 4.02. The zero-order valence-corrected chi connectivity index (χ0v) is 11.6. The highest BCUT2D eigenvalue weighted by Gasteiger charge is 2.50. The number of methoxy groups -OCH3 is 2. The summed E-state index contributed by atoms with van der Waals surface area (Å²) in [4.78, 5) is 9.33. The Balaban J connectivity index is 2.86. The topological polar surface area (TPSA) is 74.2 Å². The molecule has 1 aliphatic rings. The molecule has 6 nitrogen and oxygen atoms in total. The Morgan fingerprint density at radius 3 is 2.35 bits per heavy atom. The molecule has 0 bridgehead atoms. The van der Waals surface area contributed by atoms with Crippen molar-refractivity contribution in [3.63, 3.8) is 0 Å². The largest absolute Gasteiger partial charge is 0.381 e. The van der Waals surface area contributed by atoms with E-state index in [1.54, 1.807) is 14.2 Å². The molecule has 3 atom stereocenters. The van der Waals surface area contributed by atoms with E-state index in [0.29, 0.717) is 6.42 Å². The fourth-order valence-corrected chi connectivity index (χ4v) is 2.95. The molecular formula is C10H21O6P. The normalized spacial score (nSPS) is 31.4. The molecule has 102 valence electrons. The molecule has 1 N–H and O–H groups in total. The maximum Gasteiger partial charge on any atom is 0.325 e. The van der Waals surface area contributed by atoms with Crippen LogP contribution in [0, 0.1) is 0 Å². The Hall–Kier alpha value is 0.0300. The molecular weight excluding hydrogens is 247 g/mol. The standard InChI is InChI=1S/C10H21O6P/c1-8-5-9(16-17(4,11)12)10(15-8,6-13-2)7-14-3/h8-9H,5-7H2,1-4H3,(H,11,12)/t8-,9?/m0/s1. The smallest absolute Gasteiger partial charge is 0.325 e. The van der Waals surface area contributed by atoms with Gasteiger partial charge in [-0.25, -0.2) is 0 Å².